The molecule has 4 nitrogen and oxygen atoms in total. The molecule has 0 aliphatic rings. The lowest BCUT2D eigenvalue weighted by Crippen LogP contribution is -2.34. The van der Waals surface area contributed by atoms with Gasteiger partial charge in [-0.2, -0.15) is 13.2 Å². The highest BCUT2D eigenvalue weighted by Gasteiger charge is 2.31. The Bertz CT molecular complexity index is 875. The fourth-order valence-electron chi connectivity index (χ4n) is 2.44. The van der Waals surface area contributed by atoms with Gasteiger partial charge in [0.15, 0.2) is 5.11 Å². The number of benzene rings is 2. The first-order valence-electron chi connectivity index (χ1n) is 8.93. The summed E-state index contributed by atoms with van der Waals surface area (Å²) in [7, 11) is 0. The minimum Gasteiger partial charge on any atom is -0.493 e. The number of halogens is 4. The molecule has 0 aromatic heterocycles. The van der Waals surface area contributed by atoms with Crippen LogP contribution in [0.3, 0.4) is 0 Å². The summed E-state index contributed by atoms with van der Waals surface area (Å²) in [6.07, 6.45) is -1.61. The summed E-state index contributed by atoms with van der Waals surface area (Å²) in [5.41, 5.74) is -0.677. The van der Waals surface area contributed by atoms with Crippen LogP contribution in [0.5, 0.6) is 5.75 Å². The van der Waals surface area contributed by atoms with Crippen LogP contribution in [-0.4, -0.2) is 17.6 Å². The molecule has 0 aliphatic carbocycles. The second kappa shape index (κ2) is 10.5. The first kappa shape index (κ1) is 23.0. The summed E-state index contributed by atoms with van der Waals surface area (Å²) in [5.74, 6) is -0.141. The zero-order valence-corrected chi connectivity index (χ0v) is 17.2. The zero-order chi connectivity index (χ0) is 21.4. The molecule has 0 aliphatic heterocycles. The number of ether oxygens (including phenoxy) is 1. The minimum atomic E-state index is -4.53. The van der Waals surface area contributed by atoms with E-state index in [1.165, 1.54) is 0 Å². The molecule has 0 saturated heterocycles. The second-order valence-electron chi connectivity index (χ2n) is 6.15. The van der Waals surface area contributed by atoms with Crippen LogP contribution in [0.1, 0.15) is 42.1 Å². The van der Waals surface area contributed by atoms with E-state index in [1.807, 2.05) is 0 Å². The van der Waals surface area contributed by atoms with Crippen LogP contribution in [0, 0.1) is 0 Å². The number of anilines is 1. The summed E-state index contributed by atoms with van der Waals surface area (Å²) in [6.45, 7) is 2.55. The van der Waals surface area contributed by atoms with E-state index < -0.39 is 17.6 Å². The van der Waals surface area contributed by atoms with E-state index in [-0.39, 0.29) is 21.4 Å². The molecule has 0 heterocycles. The Morgan fingerprint density at radius 3 is 2.59 bits per heavy atom. The third kappa shape index (κ3) is 6.90. The molecule has 1 amide bonds. The van der Waals surface area contributed by atoms with Crippen molar-refractivity contribution in [1.82, 2.24) is 5.32 Å². The number of carbonyl (C=O) groups is 1. The van der Waals surface area contributed by atoms with E-state index in [9.17, 15) is 18.0 Å². The van der Waals surface area contributed by atoms with Gasteiger partial charge in [0.05, 0.1) is 28.4 Å². The van der Waals surface area contributed by atoms with E-state index in [4.69, 9.17) is 28.6 Å². The van der Waals surface area contributed by atoms with E-state index in [2.05, 4.69) is 17.6 Å². The third-order valence-electron chi connectivity index (χ3n) is 3.91. The number of thiocarbonyl (C=S) groups is 1. The van der Waals surface area contributed by atoms with Crippen LogP contribution in [-0.2, 0) is 6.18 Å². The maximum absolute atomic E-state index is 12.9. The molecule has 9 heteroatoms. The molecule has 0 radical (unpaired) electrons. The molecule has 0 fully saturated rings. The van der Waals surface area contributed by atoms with Crippen LogP contribution < -0.4 is 15.4 Å². The average Bonchev–Trinajstić information content (AvgIpc) is 2.66. The molecule has 156 valence electrons. The van der Waals surface area contributed by atoms with Gasteiger partial charge >= 0.3 is 6.18 Å². The standard InChI is InChI=1S/C20H20ClF3N2O2S/c1-2-3-6-11-28-17-8-5-4-7-14(17)18(27)26-19(29)25-16-12-13(20(22,23)24)9-10-15(16)21/h4-5,7-10,12H,2-3,6,11H2,1H3,(H2,25,26,27,29). The highest BCUT2D eigenvalue weighted by atomic mass is 35.5. The van der Waals surface area contributed by atoms with Crippen molar-refractivity contribution in [3.8, 4) is 5.75 Å². The predicted molar refractivity (Wildman–Crippen MR) is 112 cm³/mol. The van der Waals surface area contributed by atoms with E-state index in [0.717, 1.165) is 37.5 Å². The highest BCUT2D eigenvalue weighted by molar-refractivity contribution is 7.80. The molecule has 0 spiro atoms. The Balaban J connectivity index is 2.06. The van der Waals surface area contributed by atoms with Crippen molar-refractivity contribution in [1.29, 1.82) is 0 Å². The zero-order valence-electron chi connectivity index (χ0n) is 15.6. The van der Waals surface area contributed by atoms with Gasteiger partial charge in [-0.05, 0) is 49.0 Å². The van der Waals surface area contributed by atoms with Crippen molar-refractivity contribution in [2.24, 2.45) is 0 Å². The summed E-state index contributed by atoms with van der Waals surface area (Å²) in [6, 6.07) is 9.45. The fourth-order valence-corrected chi connectivity index (χ4v) is 2.80. The molecule has 2 aromatic rings. The molecule has 0 saturated carbocycles. The van der Waals surface area contributed by atoms with Crippen LogP contribution >= 0.6 is 23.8 Å². The number of unbranched alkanes of at least 4 members (excludes halogenated alkanes) is 2. The van der Waals surface area contributed by atoms with Crippen LogP contribution in [0.15, 0.2) is 42.5 Å². The second-order valence-corrected chi connectivity index (χ2v) is 6.97. The van der Waals surface area contributed by atoms with Gasteiger partial charge in [0.2, 0.25) is 0 Å². The Morgan fingerprint density at radius 2 is 1.90 bits per heavy atom. The minimum absolute atomic E-state index is 0.0363. The molecular weight excluding hydrogens is 425 g/mol. The molecule has 0 bridgehead atoms. The molecule has 0 unspecified atom stereocenters. The van der Waals surface area contributed by atoms with Crippen LogP contribution in [0.25, 0.3) is 0 Å². The first-order chi connectivity index (χ1) is 13.7. The van der Waals surface area contributed by atoms with Gasteiger partial charge in [-0.25, -0.2) is 0 Å². The Morgan fingerprint density at radius 1 is 1.17 bits per heavy atom. The smallest absolute Gasteiger partial charge is 0.416 e. The maximum Gasteiger partial charge on any atom is 0.416 e. The molecule has 29 heavy (non-hydrogen) atoms. The number of nitrogens with one attached hydrogen (secondary N) is 2. The maximum atomic E-state index is 12.9. The van der Waals surface area contributed by atoms with Crippen molar-refractivity contribution < 1.29 is 22.7 Å². The molecule has 2 N–H and O–H groups in total. The summed E-state index contributed by atoms with van der Waals surface area (Å²) < 4.78 is 44.3. The Hall–Kier alpha value is -2.32. The fraction of sp³-hybridized carbons (Fsp3) is 0.300. The third-order valence-corrected chi connectivity index (χ3v) is 4.44. The average molecular weight is 445 g/mol. The first-order valence-corrected chi connectivity index (χ1v) is 9.72. The van der Waals surface area contributed by atoms with Crippen molar-refractivity contribution in [3.63, 3.8) is 0 Å². The van der Waals surface area contributed by atoms with Gasteiger partial charge < -0.3 is 10.1 Å². The number of rotatable bonds is 7. The van der Waals surface area contributed by atoms with Gasteiger partial charge in [0, 0.05) is 0 Å². The predicted octanol–water partition coefficient (Wildman–Crippen LogP) is 6.05. The molecule has 2 aromatic carbocycles. The van der Waals surface area contributed by atoms with Crippen LogP contribution in [0.4, 0.5) is 18.9 Å². The van der Waals surface area contributed by atoms with Crippen LogP contribution in [0.2, 0.25) is 5.02 Å². The lowest BCUT2D eigenvalue weighted by molar-refractivity contribution is -0.137. The normalized spacial score (nSPS) is 11.1. The lowest BCUT2D eigenvalue weighted by Gasteiger charge is -2.15. The van der Waals surface area contributed by atoms with E-state index in [0.29, 0.717) is 12.4 Å². The number of carbonyl (C=O) groups excluding carboxylic acids is 1. The monoisotopic (exact) mass is 444 g/mol. The number of para-hydroxylation sites is 1. The quantitative estimate of drug-likeness (QED) is 0.403. The van der Waals surface area contributed by atoms with Crippen molar-refractivity contribution in [3.05, 3.63) is 58.6 Å². The summed E-state index contributed by atoms with van der Waals surface area (Å²) in [4.78, 5) is 12.5. The van der Waals surface area contributed by atoms with Gasteiger partial charge in [-0.3, -0.25) is 10.1 Å². The Kier molecular flexibility index (Phi) is 8.28. The summed E-state index contributed by atoms with van der Waals surface area (Å²) >= 11 is 11.0. The van der Waals surface area contributed by atoms with Crippen molar-refractivity contribution >= 4 is 40.5 Å². The Labute approximate surface area is 177 Å². The topological polar surface area (TPSA) is 50.4 Å². The highest BCUT2D eigenvalue weighted by Crippen LogP contribution is 2.33. The molecular formula is C20H20ClF3N2O2S. The molecule has 0 atom stereocenters. The van der Waals surface area contributed by atoms with E-state index >= 15 is 0 Å². The lowest BCUT2D eigenvalue weighted by atomic mass is 10.2. The van der Waals surface area contributed by atoms with Gasteiger partial charge in [-0.15, -0.1) is 0 Å². The largest absolute Gasteiger partial charge is 0.493 e. The molecule has 2 rings (SSSR count). The van der Waals surface area contributed by atoms with Gasteiger partial charge in [-0.1, -0.05) is 43.5 Å². The van der Waals surface area contributed by atoms with Crippen molar-refractivity contribution in [2.75, 3.05) is 11.9 Å². The van der Waals surface area contributed by atoms with E-state index in [1.54, 1.807) is 24.3 Å². The number of hydrogen-bond acceptors (Lipinski definition) is 3. The number of hydrogen-bond donors (Lipinski definition) is 2. The van der Waals surface area contributed by atoms with Crippen molar-refractivity contribution in [2.45, 2.75) is 32.4 Å². The van der Waals surface area contributed by atoms with Gasteiger partial charge in [0.1, 0.15) is 5.75 Å². The number of amides is 1. The van der Waals surface area contributed by atoms with Gasteiger partial charge in [0.25, 0.3) is 5.91 Å². The number of alkyl halides is 3. The summed E-state index contributed by atoms with van der Waals surface area (Å²) in [5, 5.41) is 4.82. The SMILES string of the molecule is CCCCCOc1ccccc1C(=O)NC(=S)Nc1cc(C(F)(F)F)ccc1Cl.